The molecule has 0 spiro atoms. The first-order valence-electron chi connectivity index (χ1n) is 8.01. The molecular formula is C18H19F5IN3O. The molecule has 28 heavy (non-hydrogen) atoms. The summed E-state index contributed by atoms with van der Waals surface area (Å²) in [4.78, 5) is 3.84. The van der Waals surface area contributed by atoms with Gasteiger partial charge in [-0.1, -0.05) is 12.1 Å². The van der Waals surface area contributed by atoms with Gasteiger partial charge in [0.25, 0.3) is 0 Å². The molecule has 0 heterocycles. The van der Waals surface area contributed by atoms with Crippen LogP contribution in [0.2, 0.25) is 0 Å². The van der Waals surface area contributed by atoms with Crippen molar-refractivity contribution >= 4 is 29.9 Å². The molecule has 0 aliphatic carbocycles. The summed E-state index contributed by atoms with van der Waals surface area (Å²) < 4.78 is 72.7. The summed E-state index contributed by atoms with van der Waals surface area (Å²) in [5.41, 5.74) is -0.786. The molecule has 0 saturated heterocycles. The predicted octanol–water partition coefficient (Wildman–Crippen LogP) is 4.13. The predicted molar refractivity (Wildman–Crippen MR) is 106 cm³/mol. The third-order valence-electron chi connectivity index (χ3n) is 3.58. The number of hydrogen-bond acceptors (Lipinski definition) is 2. The molecule has 0 saturated carbocycles. The highest BCUT2D eigenvalue weighted by atomic mass is 127. The quantitative estimate of drug-likeness (QED) is 0.200. The zero-order chi connectivity index (χ0) is 20.0. The van der Waals surface area contributed by atoms with Gasteiger partial charge in [0.1, 0.15) is 6.10 Å². The second kappa shape index (κ2) is 11.0. The zero-order valence-electron chi connectivity index (χ0n) is 15.0. The molecule has 0 aliphatic heterocycles. The molecule has 2 N–H and O–H groups in total. The average molecular weight is 515 g/mol. The average Bonchev–Trinajstić information content (AvgIpc) is 2.64. The normalized spacial score (nSPS) is 12.2. The van der Waals surface area contributed by atoms with Crippen molar-refractivity contribution in [3.8, 4) is 5.75 Å². The van der Waals surface area contributed by atoms with E-state index < -0.39 is 47.3 Å². The van der Waals surface area contributed by atoms with Crippen molar-refractivity contribution in [2.75, 3.05) is 13.6 Å². The van der Waals surface area contributed by atoms with Crippen LogP contribution < -0.4 is 15.4 Å². The van der Waals surface area contributed by atoms with E-state index in [4.69, 9.17) is 4.74 Å². The van der Waals surface area contributed by atoms with Crippen LogP contribution in [0.3, 0.4) is 0 Å². The number of benzene rings is 2. The van der Waals surface area contributed by atoms with E-state index in [-0.39, 0.29) is 48.3 Å². The third kappa shape index (κ3) is 6.21. The van der Waals surface area contributed by atoms with Crippen molar-refractivity contribution < 1.29 is 26.7 Å². The maximum atomic E-state index is 13.7. The molecule has 10 heteroatoms. The highest BCUT2D eigenvalue weighted by molar-refractivity contribution is 14.0. The lowest BCUT2D eigenvalue weighted by molar-refractivity contribution is 0.214. The molecular weight excluding hydrogens is 496 g/mol. The summed E-state index contributed by atoms with van der Waals surface area (Å²) in [5, 5.41) is 5.35. The van der Waals surface area contributed by atoms with E-state index in [1.807, 2.05) is 0 Å². The molecule has 0 fully saturated rings. The van der Waals surface area contributed by atoms with Crippen LogP contribution in [0, 0.1) is 29.1 Å². The lowest BCUT2D eigenvalue weighted by Gasteiger charge is -2.18. The van der Waals surface area contributed by atoms with Crippen LogP contribution in [0.4, 0.5) is 22.0 Å². The molecule has 0 radical (unpaired) electrons. The Morgan fingerprint density at radius 1 is 1.00 bits per heavy atom. The number of nitrogens with one attached hydrogen (secondary N) is 2. The van der Waals surface area contributed by atoms with Gasteiger partial charge >= 0.3 is 0 Å². The number of rotatable bonds is 6. The maximum Gasteiger partial charge on any atom is 0.191 e. The highest BCUT2D eigenvalue weighted by Gasteiger charge is 2.19. The molecule has 0 bridgehead atoms. The lowest BCUT2D eigenvalue weighted by Crippen LogP contribution is -2.41. The fourth-order valence-corrected chi connectivity index (χ4v) is 2.21. The van der Waals surface area contributed by atoms with Crippen LogP contribution in [0.1, 0.15) is 12.5 Å². The first kappa shape index (κ1) is 23.9. The van der Waals surface area contributed by atoms with E-state index in [1.165, 1.54) is 25.2 Å². The second-order valence-electron chi connectivity index (χ2n) is 5.61. The summed E-state index contributed by atoms with van der Waals surface area (Å²) in [6, 6.07) is 6.04. The molecule has 2 rings (SSSR count). The highest BCUT2D eigenvalue weighted by Crippen LogP contribution is 2.19. The molecule has 2 aromatic carbocycles. The Morgan fingerprint density at radius 2 is 1.61 bits per heavy atom. The van der Waals surface area contributed by atoms with Crippen molar-refractivity contribution in [2.45, 2.75) is 19.6 Å². The summed E-state index contributed by atoms with van der Waals surface area (Å²) in [6.45, 7) is 1.32. The molecule has 4 nitrogen and oxygen atoms in total. The minimum Gasteiger partial charge on any atom is -0.486 e. The van der Waals surface area contributed by atoms with Gasteiger partial charge in [-0.3, -0.25) is 4.99 Å². The van der Waals surface area contributed by atoms with Gasteiger partial charge in [0.2, 0.25) is 0 Å². The fraction of sp³-hybridized carbons (Fsp3) is 0.278. The Hall–Kier alpha value is -2.11. The number of ether oxygens (including phenoxy) is 1. The van der Waals surface area contributed by atoms with Crippen LogP contribution in [-0.4, -0.2) is 25.7 Å². The minimum atomic E-state index is -1.49. The smallest absolute Gasteiger partial charge is 0.191 e. The van der Waals surface area contributed by atoms with E-state index in [9.17, 15) is 22.0 Å². The molecule has 0 aromatic heterocycles. The van der Waals surface area contributed by atoms with Crippen molar-refractivity contribution in [3.63, 3.8) is 0 Å². The van der Waals surface area contributed by atoms with E-state index >= 15 is 0 Å². The Bertz CT molecular complexity index is 809. The largest absolute Gasteiger partial charge is 0.486 e. The van der Waals surface area contributed by atoms with Crippen LogP contribution >= 0.6 is 24.0 Å². The third-order valence-corrected chi connectivity index (χ3v) is 3.58. The molecule has 1 atom stereocenters. The van der Waals surface area contributed by atoms with E-state index in [0.29, 0.717) is 0 Å². The van der Waals surface area contributed by atoms with Crippen LogP contribution in [0.5, 0.6) is 5.75 Å². The van der Waals surface area contributed by atoms with E-state index in [2.05, 4.69) is 15.6 Å². The summed E-state index contributed by atoms with van der Waals surface area (Å²) in [5.74, 6) is -6.25. The Kier molecular flexibility index (Phi) is 9.42. The van der Waals surface area contributed by atoms with Gasteiger partial charge in [-0.25, -0.2) is 22.0 Å². The van der Waals surface area contributed by atoms with E-state index in [1.54, 1.807) is 13.0 Å². The Balaban J connectivity index is 0.00000392. The number of guanidine groups is 1. The van der Waals surface area contributed by atoms with Gasteiger partial charge in [-0.15, -0.1) is 24.0 Å². The van der Waals surface area contributed by atoms with Crippen LogP contribution in [-0.2, 0) is 6.54 Å². The second-order valence-corrected chi connectivity index (χ2v) is 5.61. The number of halogens is 6. The SMILES string of the molecule is CN=C(NCc1c(F)c(F)cc(F)c1F)NCC(C)Oc1ccccc1F.I. The van der Waals surface area contributed by atoms with Crippen LogP contribution in [0.15, 0.2) is 35.3 Å². The van der Waals surface area contributed by atoms with Gasteiger partial charge < -0.3 is 15.4 Å². The van der Waals surface area contributed by atoms with Crippen molar-refractivity contribution in [3.05, 3.63) is 65.0 Å². The van der Waals surface area contributed by atoms with Gasteiger partial charge in [0, 0.05) is 25.2 Å². The number of aliphatic imine (C=N–C) groups is 1. The maximum absolute atomic E-state index is 13.7. The minimum absolute atomic E-state index is 0. The van der Waals surface area contributed by atoms with E-state index in [0.717, 1.165) is 0 Å². The summed E-state index contributed by atoms with van der Waals surface area (Å²) in [7, 11) is 1.40. The molecule has 0 amide bonds. The van der Waals surface area contributed by atoms with Gasteiger partial charge in [-0.2, -0.15) is 0 Å². The number of nitrogens with zero attached hydrogens (tertiary/aromatic N) is 1. The van der Waals surface area contributed by atoms with Gasteiger partial charge in [0.05, 0.1) is 6.54 Å². The molecule has 1 unspecified atom stereocenters. The standard InChI is InChI=1S/C18H18F5N3O.HI/c1-10(27-15-6-4-3-5-12(15)19)8-25-18(24-2)26-9-11-16(22)13(20)7-14(21)17(11)23;/h3-7,10H,8-9H2,1-2H3,(H2,24,25,26);1H. The lowest BCUT2D eigenvalue weighted by atomic mass is 10.2. The Labute approximate surface area is 176 Å². The van der Waals surface area contributed by atoms with Crippen molar-refractivity contribution in [2.24, 2.45) is 4.99 Å². The molecule has 2 aromatic rings. The number of hydrogen-bond donors (Lipinski definition) is 2. The summed E-state index contributed by atoms with van der Waals surface area (Å²) >= 11 is 0. The topological polar surface area (TPSA) is 45.7 Å². The fourth-order valence-electron chi connectivity index (χ4n) is 2.21. The number of para-hydroxylation sites is 1. The zero-order valence-corrected chi connectivity index (χ0v) is 17.4. The van der Waals surface area contributed by atoms with Crippen molar-refractivity contribution in [1.82, 2.24) is 10.6 Å². The van der Waals surface area contributed by atoms with Crippen molar-refractivity contribution in [1.29, 1.82) is 0 Å². The first-order valence-corrected chi connectivity index (χ1v) is 8.01. The molecule has 0 aliphatic rings. The summed E-state index contributed by atoms with van der Waals surface area (Å²) in [6.07, 6.45) is -0.472. The van der Waals surface area contributed by atoms with Gasteiger partial charge in [-0.05, 0) is 19.1 Å². The Morgan fingerprint density at radius 3 is 2.18 bits per heavy atom. The monoisotopic (exact) mass is 515 g/mol. The first-order chi connectivity index (χ1) is 12.8. The van der Waals surface area contributed by atoms with Crippen LogP contribution in [0.25, 0.3) is 0 Å². The van der Waals surface area contributed by atoms with Gasteiger partial charge in [0.15, 0.2) is 40.8 Å². The molecule has 154 valence electrons.